The number of hydrogen-bond acceptors (Lipinski definition) is 6. The molecule has 2 atom stereocenters. The topological polar surface area (TPSA) is 99.0 Å². The molecule has 2 heterocycles. The summed E-state index contributed by atoms with van der Waals surface area (Å²) in [5.74, 6) is -0.624. The van der Waals surface area contributed by atoms with Gasteiger partial charge in [0.05, 0.1) is 23.6 Å². The van der Waals surface area contributed by atoms with E-state index in [2.05, 4.69) is 0 Å². The van der Waals surface area contributed by atoms with E-state index in [0.717, 1.165) is 18.4 Å². The van der Waals surface area contributed by atoms with Crippen LogP contribution in [0.15, 0.2) is 24.3 Å². The highest BCUT2D eigenvalue weighted by Gasteiger charge is 2.42. The average molecular weight is 388 g/mol. The molecule has 150 valence electrons. The molecule has 2 aliphatic rings. The summed E-state index contributed by atoms with van der Waals surface area (Å²) in [6.45, 7) is 5.49. The molecule has 0 aliphatic carbocycles. The largest absolute Gasteiger partial charge is 0.465 e. The van der Waals surface area contributed by atoms with Gasteiger partial charge in [-0.05, 0) is 57.2 Å². The number of carbonyl (C=O) groups is 2. The third-order valence-electron chi connectivity index (χ3n) is 4.97. The number of benzene rings is 1. The molecule has 2 bridgehead atoms. The maximum atomic E-state index is 12.6. The summed E-state index contributed by atoms with van der Waals surface area (Å²) in [5, 5.41) is 11.1. The van der Waals surface area contributed by atoms with Gasteiger partial charge in [-0.25, -0.2) is 9.59 Å². The molecule has 1 fully saturated rings. The number of methoxy groups -OCH3 is 1. The predicted molar refractivity (Wildman–Crippen MR) is 102 cm³/mol. The first-order chi connectivity index (χ1) is 13.1. The van der Waals surface area contributed by atoms with Gasteiger partial charge in [0.1, 0.15) is 5.60 Å². The number of carbonyl (C=O) groups excluding carboxylic acids is 2. The van der Waals surface area contributed by atoms with Gasteiger partial charge in [-0.1, -0.05) is 6.08 Å². The number of nitro benzene ring substituents is 1. The van der Waals surface area contributed by atoms with Crippen LogP contribution < -0.4 is 0 Å². The number of nitrogens with zero attached hydrogens (tertiary/aromatic N) is 2. The van der Waals surface area contributed by atoms with Crippen LogP contribution in [0.5, 0.6) is 0 Å². The van der Waals surface area contributed by atoms with Crippen LogP contribution in [0.25, 0.3) is 5.57 Å². The number of amides is 1. The first-order valence-corrected chi connectivity index (χ1v) is 9.20. The molecule has 1 saturated heterocycles. The van der Waals surface area contributed by atoms with Crippen LogP contribution in [-0.2, 0) is 9.47 Å². The fraction of sp³-hybridized carbons (Fsp3) is 0.500. The van der Waals surface area contributed by atoms with Crippen LogP contribution in [0, 0.1) is 10.1 Å². The Bertz CT molecular complexity index is 855. The number of non-ortho nitro benzene ring substituents is 1. The van der Waals surface area contributed by atoms with Gasteiger partial charge in [-0.3, -0.25) is 15.0 Å². The molecule has 0 aromatic heterocycles. The Hall–Kier alpha value is -2.90. The summed E-state index contributed by atoms with van der Waals surface area (Å²) in [6, 6.07) is 4.05. The highest BCUT2D eigenvalue weighted by atomic mass is 16.6. The smallest absolute Gasteiger partial charge is 0.411 e. The van der Waals surface area contributed by atoms with Crippen molar-refractivity contribution in [2.24, 2.45) is 0 Å². The van der Waals surface area contributed by atoms with E-state index in [1.807, 2.05) is 26.8 Å². The normalized spacial score (nSPS) is 21.1. The van der Waals surface area contributed by atoms with Crippen molar-refractivity contribution >= 4 is 23.3 Å². The second-order valence-corrected chi connectivity index (χ2v) is 8.06. The third kappa shape index (κ3) is 3.85. The summed E-state index contributed by atoms with van der Waals surface area (Å²) in [4.78, 5) is 37.1. The molecule has 0 unspecified atom stereocenters. The van der Waals surface area contributed by atoms with Crippen molar-refractivity contribution in [2.75, 3.05) is 7.11 Å². The van der Waals surface area contributed by atoms with Crippen LogP contribution >= 0.6 is 0 Å². The molecular weight excluding hydrogens is 364 g/mol. The van der Waals surface area contributed by atoms with Crippen LogP contribution in [0.4, 0.5) is 10.5 Å². The van der Waals surface area contributed by atoms with E-state index < -0.39 is 16.5 Å². The minimum absolute atomic E-state index is 0.0273. The molecular formula is C20H24N2O6. The van der Waals surface area contributed by atoms with Crippen LogP contribution in [0.1, 0.15) is 56.0 Å². The SMILES string of the molecule is COC(=O)c1cc([N+](=O)[O-])ccc1C1=C[C@H]2CC[C@@H](C1)N2C(=O)OC(C)(C)C. The Kier molecular flexibility index (Phi) is 5.14. The molecule has 1 aromatic rings. The molecule has 1 amide bonds. The van der Waals surface area contributed by atoms with Crippen molar-refractivity contribution in [1.29, 1.82) is 0 Å². The van der Waals surface area contributed by atoms with Crippen molar-refractivity contribution in [3.8, 4) is 0 Å². The Labute approximate surface area is 163 Å². The number of nitro groups is 1. The quantitative estimate of drug-likeness (QED) is 0.442. The van der Waals surface area contributed by atoms with Gasteiger partial charge in [0.25, 0.3) is 5.69 Å². The Morgan fingerprint density at radius 3 is 2.54 bits per heavy atom. The summed E-state index contributed by atoms with van der Waals surface area (Å²) < 4.78 is 10.3. The zero-order chi connectivity index (χ0) is 20.6. The van der Waals surface area contributed by atoms with Crippen LogP contribution in [0.2, 0.25) is 0 Å². The van der Waals surface area contributed by atoms with Crippen molar-refractivity contribution in [2.45, 2.75) is 57.7 Å². The minimum atomic E-state index is -0.624. The Morgan fingerprint density at radius 1 is 1.25 bits per heavy atom. The first kappa shape index (κ1) is 19.9. The number of fused-ring (bicyclic) bond motifs is 2. The summed E-state index contributed by atoms with van der Waals surface area (Å²) in [6.07, 6.45) is 3.82. The van der Waals surface area contributed by atoms with E-state index in [1.165, 1.54) is 19.2 Å². The van der Waals surface area contributed by atoms with Crippen molar-refractivity contribution < 1.29 is 24.0 Å². The lowest BCUT2D eigenvalue weighted by Gasteiger charge is -2.35. The highest BCUT2D eigenvalue weighted by molar-refractivity contribution is 5.96. The maximum Gasteiger partial charge on any atom is 0.411 e. The number of hydrogen-bond donors (Lipinski definition) is 0. The Balaban J connectivity index is 1.94. The predicted octanol–water partition coefficient (Wildman–Crippen LogP) is 3.94. The van der Waals surface area contributed by atoms with Gasteiger partial charge in [-0.2, -0.15) is 0 Å². The lowest BCUT2D eigenvalue weighted by Crippen LogP contribution is -2.45. The standard InChI is InChI=1S/C20H24N2O6/c1-20(2,3)28-19(24)21-13-5-6-14(21)10-12(9-13)16-8-7-15(22(25)26)11-17(16)18(23)27-4/h7-9,11,13-14H,5-6,10H2,1-4H3/t13-,14+/m1/s1. The molecule has 0 spiro atoms. The van der Waals surface area contributed by atoms with Crippen molar-refractivity contribution in [3.63, 3.8) is 0 Å². The van der Waals surface area contributed by atoms with Crippen LogP contribution in [0.3, 0.4) is 0 Å². The zero-order valence-electron chi connectivity index (χ0n) is 16.4. The zero-order valence-corrected chi connectivity index (χ0v) is 16.4. The van der Waals surface area contributed by atoms with E-state index in [0.29, 0.717) is 12.0 Å². The van der Waals surface area contributed by atoms with E-state index in [1.54, 1.807) is 11.0 Å². The second-order valence-electron chi connectivity index (χ2n) is 8.06. The van der Waals surface area contributed by atoms with Gasteiger partial charge in [0, 0.05) is 18.2 Å². The monoisotopic (exact) mass is 388 g/mol. The fourth-order valence-corrected chi connectivity index (χ4v) is 3.83. The van der Waals surface area contributed by atoms with Gasteiger partial charge >= 0.3 is 12.1 Å². The van der Waals surface area contributed by atoms with E-state index in [9.17, 15) is 19.7 Å². The number of rotatable bonds is 3. The number of esters is 1. The summed E-state index contributed by atoms with van der Waals surface area (Å²) >= 11 is 0. The molecule has 8 heteroatoms. The van der Waals surface area contributed by atoms with E-state index >= 15 is 0 Å². The molecule has 3 rings (SSSR count). The minimum Gasteiger partial charge on any atom is -0.465 e. The average Bonchev–Trinajstić information content (AvgIpc) is 2.89. The summed E-state index contributed by atoms with van der Waals surface area (Å²) in [5.41, 5.74) is 0.921. The molecule has 1 aromatic carbocycles. The van der Waals surface area contributed by atoms with Crippen LogP contribution in [-0.4, -0.2) is 46.7 Å². The third-order valence-corrected chi connectivity index (χ3v) is 4.97. The second kappa shape index (κ2) is 7.26. The van der Waals surface area contributed by atoms with Gasteiger partial charge in [0.15, 0.2) is 0 Å². The molecule has 0 radical (unpaired) electrons. The molecule has 8 nitrogen and oxygen atoms in total. The van der Waals surface area contributed by atoms with Crippen molar-refractivity contribution in [1.82, 2.24) is 4.90 Å². The number of ether oxygens (including phenoxy) is 2. The first-order valence-electron chi connectivity index (χ1n) is 9.20. The Morgan fingerprint density at radius 2 is 1.96 bits per heavy atom. The molecule has 28 heavy (non-hydrogen) atoms. The van der Waals surface area contributed by atoms with E-state index in [4.69, 9.17) is 9.47 Å². The molecule has 0 saturated carbocycles. The lowest BCUT2D eigenvalue weighted by atomic mass is 9.91. The van der Waals surface area contributed by atoms with Gasteiger partial charge < -0.3 is 9.47 Å². The molecule has 0 N–H and O–H groups in total. The van der Waals surface area contributed by atoms with Crippen molar-refractivity contribution in [3.05, 3.63) is 45.5 Å². The summed E-state index contributed by atoms with van der Waals surface area (Å²) in [7, 11) is 1.24. The lowest BCUT2D eigenvalue weighted by molar-refractivity contribution is -0.384. The fourth-order valence-electron chi connectivity index (χ4n) is 3.83. The highest BCUT2D eigenvalue weighted by Crippen LogP contribution is 2.40. The van der Waals surface area contributed by atoms with Gasteiger partial charge in [-0.15, -0.1) is 0 Å². The van der Waals surface area contributed by atoms with Gasteiger partial charge in [0.2, 0.25) is 0 Å². The van der Waals surface area contributed by atoms with E-state index in [-0.39, 0.29) is 29.4 Å². The molecule has 2 aliphatic heterocycles. The maximum absolute atomic E-state index is 12.6.